The van der Waals surface area contributed by atoms with Crippen molar-refractivity contribution in [3.05, 3.63) is 131 Å². The highest BCUT2D eigenvalue weighted by Crippen LogP contribution is 2.49. The van der Waals surface area contributed by atoms with Crippen molar-refractivity contribution in [2.24, 2.45) is 0 Å². The molecular formula is C39H38O9. The van der Waals surface area contributed by atoms with Crippen molar-refractivity contribution >= 4 is 28.8 Å². The van der Waals surface area contributed by atoms with Gasteiger partial charge in [-0.2, -0.15) is 0 Å². The summed E-state index contributed by atoms with van der Waals surface area (Å²) in [6.45, 7) is 11.6. The molecule has 0 radical (unpaired) electrons. The Morgan fingerprint density at radius 2 is 1.44 bits per heavy atom. The lowest BCUT2D eigenvalue weighted by Crippen LogP contribution is -2.34. The highest BCUT2D eigenvalue weighted by molar-refractivity contribution is 6.08. The van der Waals surface area contributed by atoms with Crippen molar-refractivity contribution in [1.82, 2.24) is 0 Å². The minimum atomic E-state index is -1.06. The van der Waals surface area contributed by atoms with Gasteiger partial charge in [0.2, 0.25) is 0 Å². The van der Waals surface area contributed by atoms with E-state index in [9.17, 15) is 9.59 Å². The minimum absolute atomic E-state index is 0.0984. The smallest absolute Gasteiger partial charge is 0.342 e. The van der Waals surface area contributed by atoms with E-state index in [4.69, 9.17) is 33.5 Å². The lowest BCUT2D eigenvalue weighted by Gasteiger charge is -2.37. The van der Waals surface area contributed by atoms with Gasteiger partial charge in [-0.05, 0) is 38.1 Å². The number of hydrogen-bond donors (Lipinski definition) is 0. The molecule has 4 aromatic rings. The SMILES string of the molecule is C=C(C)COOCCOc1c(C(=O)OC)c2c(c3ccccc13)OC(c1ccccc1)(c1ccc(OCCOC(=O)C(=C)C)cc1)C=C2. The van der Waals surface area contributed by atoms with Crippen molar-refractivity contribution < 1.29 is 43.0 Å². The lowest BCUT2D eigenvalue weighted by atomic mass is 9.82. The van der Waals surface area contributed by atoms with Gasteiger partial charge in [-0.25, -0.2) is 19.4 Å². The maximum absolute atomic E-state index is 13.4. The molecule has 9 heteroatoms. The first kappa shape index (κ1) is 34.0. The molecule has 1 heterocycles. The van der Waals surface area contributed by atoms with Crippen LogP contribution in [0.2, 0.25) is 0 Å². The Morgan fingerprint density at radius 1 is 0.771 bits per heavy atom. The fourth-order valence-corrected chi connectivity index (χ4v) is 5.27. The summed E-state index contributed by atoms with van der Waals surface area (Å²) in [7, 11) is 1.33. The van der Waals surface area contributed by atoms with Crippen molar-refractivity contribution in [2.75, 3.05) is 40.1 Å². The van der Waals surface area contributed by atoms with Gasteiger partial charge in [0, 0.05) is 33.0 Å². The fraction of sp³-hybridized carbons (Fsp3) is 0.231. The van der Waals surface area contributed by atoms with Gasteiger partial charge in [-0.15, -0.1) is 0 Å². The number of hydrogen-bond acceptors (Lipinski definition) is 9. The van der Waals surface area contributed by atoms with E-state index in [-0.39, 0.29) is 38.6 Å². The summed E-state index contributed by atoms with van der Waals surface area (Å²) in [6, 6.07) is 24.9. The van der Waals surface area contributed by atoms with E-state index < -0.39 is 17.5 Å². The third kappa shape index (κ3) is 7.43. The Hall–Kier alpha value is -5.38. The normalized spacial score (nSPS) is 14.8. The van der Waals surface area contributed by atoms with Gasteiger partial charge in [0.05, 0.1) is 7.11 Å². The van der Waals surface area contributed by atoms with Gasteiger partial charge in [-0.3, -0.25) is 0 Å². The zero-order valence-electron chi connectivity index (χ0n) is 27.3. The first-order valence-electron chi connectivity index (χ1n) is 15.4. The molecule has 0 bridgehead atoms. The first-order chi connectivity index (χ1) is 23.2. The molecule has 0 spiro atoms. The Kier molecular flexibility index (Phi) is 10.9. The standard InChI is InChI=1S/C39H38O9/c1-26(2)25-47-46-24-23-44-36-32-14-10-9-13-31(32)35-33(34(36)38(41)42-5)19-20-39(48-35,28-11-7-6-8-12-28)29-15-17-30(18-16-29)43-21-22-45-37(40)27(3)4/h6-20H,1,3,21-25H2,2,4-5H3. The van der Waals surface area contributed by atoms with Crippen molar-refractivity contribution in [1.29, 1.82) is 0 Å². The van der Waals surface area contributed by atoms with E-state index >= 15 is 0 Å². The van der Waals surface area contributed by atoms with Crippen LogP contribution in [0.3, 0.4) is 0 Å². The van der Waals surface area contributed by atoms with Gasteiger partial charge in [0.25, 0.3) is 0 Å². The van der Waals surface area contributed by atoms with Crippen LogP contribution in [0, 0.1) is 0 Å². The monoisotopic (exact) mass is 650 g/mol. The molecule has 248 valence electrons. The number of carbonyl (C=O) groups excluding carboxylic acids is 2. The van der Waals surface area contributed by atoms with Crippen LogP contribution in [0.4, 0.5) is 0 Å². The summed E-state index contributed by atoms with van der Waals surface area (Å²) in [5, 5.41) is 1.43. The quantitative estimate of drug-likeness (QED) is 0.0326. The third-order valence-electron chi connectivity index (χ3n) is 7.52. The molecule has 0 fully saturated rings. The molecule has 5 rings (SSSR count). The van der Waals surface area contributed by atoms with Crippen LogP contribution in [0.5, 0.6) is 17.2 Å². The molecule has 0 saturated carbocycles. The molecule has 0 aliphatic carbocycles. The molecular weight excluding hydrogens is 612 g/mol. The minimum Gasteiger partial charge on any atom is -0.490 e. The van der Waals surface area contributed by atoms with Gasteiger partial charge in [0.1, 0.15) is 55.8 Å². The molecule has 1 unspecified atom stereocenters. The lowest BCUT2D eigenvalue weighted by molar-refractivity contribution is -0.290. The van der Waals surface area contributed by atoms with Crippen molar-refractivity contribution in [3.8, 4) is 17.2 Å². The molecule has 1 aliphatic rings. The molecule has 9 nitrogen and oxygen atoms in total. The maximum Gasteiger partial charge on any atom is 0.342 e. The predicted octanol–water partition coefficient (Wildman–Crippen LogP) is 7.38. The Labute approximate surface area is 279 Å². The number of carbonyl (C=O) groups is 2. The highest BCUT2D eigenvalue weighted by atomic mass is 17.2. The van der Waals surface area contributed by atoms with E-state index in [1.54, 1.807) is 6.92 Å². The first-order valence-corrected chi connectivity index (χ1v) is 15.4. The van der Waals surface area contributed by atoms with Gasteiger partial charge in [0.15, 0.2) is 5.60 Å². The molecule has 0 N–H and O–H groups in total. The summed E-state index contributed by atoms with van der Waals surface area (Å²) in [4.78, 5) is 35.4. The number of methoxy groups -OCH3 is 1. The largest absolute Gasteiger partial charge is 0.490 e. The Bertz CT molecular complexity index is 1830. The molecule has 0 aromatic heterocycles. The number of ether oxygens (including phenoxy) is 5. The number of benzene rings is 4. The van der Waals surface area contributed by atoms with Gasteiger partial charge >= 0.3 is 11.9 Å². The zero-order valence-corrected chi connectivity index (χ0v) is 27.3. The zero-order chi connectivity index (χ0) is 34.1. The average Bonchev–Trinajstić information content (AvgIpc) is 3.11. The summed E-state index contributed by atoms with van der Waals surface area (Å²) in [5.74, 6) is 0.436. The van der Waals surface area contributed by atoms with Crippen LogP contribution in [-0.4, -0.2) is 52.1 Å². The van der Waals surface area contributed by atoms with E-state index in [0.717, 1.165) is 22.1 Å². The number of esters is 2. The Morgan fingerprint density at radius 3 is 2.12 bits per heavy atom. The second-order valence-electron chi connectivity index (χ2n) is 11.2. The molecule has 0 saturated heterocycles. The van der Waals surface area contributed by atoms with Gasteiger partial charge < -0.3 is 23.7 Å². The predicted molar refractivity (Wildman–Crippen MR) is 182 cm³/mol. The molecule has 48 heavy (non-hydrogen) atoms. The average molecular weight is 651 g/mol. The van der Waals surface area contributed by atoms with E-state index in [1.165, 1.54) is 7.11 Å². The van der Waals surface area contributed by atoms with Gasteiger partial charge in [-0.1, -0.05) is 85.5 Å². The van der Waals surface area contributed by atoms with Crippen LogP contribution in [0.1, 0.15) is 40.9 Å². The molecule has 0 amide bonds. The topological polar surface area (TPSA) is 98.8 Å². The summed E-state index contributed by atoms with van der Waals surface area (Å²) in [6.07, 6.45) is 3.81. The second-order valence-corrected chi connectivity index (χ2v) is 11.2. The molecule has 1 atom stereocenters. The van der Waals surface area contributed by atoms with E-state index in [0.29, 0.717) is 33.8 Å². The maximum atomic E-state index is 13.4. The van der Waals surface area contributed by atoms with Crippen LogP contribution < -0.4 is 14.2 Å². The molecule has 1 aliphatic heterocycles. The second kappa shape index (κ2) is 15.5. The Balaban J connectivity index is 1.51. The summed E-state index contributed by atoms with van der Waals surface area (Å²) >= 11 is 0. The van der Waals surface area contributed by atoms with Crippen molar-refractivity contribution in [3.63, 3.8) is 0 Å². The fourth-order valence-electron chi connectivity index (χ4n) is 5.27. The van der Waals surface area contributed by atoms with Crippen LogP contribution >= 0.6 is 0 Å². The van der Waals surface area contributed by atoms with E-state index in [2.05, 4.69) is 13.2 Å². The van der Waals surface area contributed by atoms with Crippen LogP contribution in [-0.2, 0) is 29.6 Å². The van der Waals surface area contributed by atoms with Crippen molar-refractivity contribution in [2.45, 2.75) is 19.4 Å². The van der Waals surface area contributed by atoms with E-state index in [1.807, 2.05) is 97.9 Å². The summed E-state index contributed by atoms with van der Waals surface area (Å²) in [5.41, 5.74) is 2.57. The summed E-state index contributed by atoms with van der Waals surface area (Å²) < 4.78 is 29.4. The number of rotatable bonds is 15. The van der Waals surface area contributed by atoms with Crippen LogP contribution in [0.15, 0.2) is 109 Å². The van der Waals surface area contributed by atoms with Crippen LogP contribution in [0.25, 0.3) is 16.8 Å². The molecule has 4 aromatic carbocycles. The highest BCUT2D eigenvalue weighted by Gasteiger charge is 2.40. The third-order valence-corrected chi connectivity index (χ3v) is 7.52. The number of fused-ring (bicyclic) bond motifs is 3.